The van der Waals surface area contributed by atoms with E-state index in [2.05, 4.69) is 25.2 Å². The molecule has 6 nitrogen and oxygen atoms in total. The van der Waals surface area contributed by atoms with Crippen LogP contribution in [-0.4, -0.2) is 53.2 Å². The molecule has 2 aromatic heterocycles. The minimum Gasteiger partial charge on any atom is -0.383 e. The van der Waals surface area contributed by atoms with Crippen LogP contribution >= 0.6 is 0 Å². The van der Waals surface area contributed by atoms with Crippen LogP contribution in [0, 0.1) is 6.92 Å². The molecule has 24 heavy (non-hydrogen) atoms. The molecule has 0 bridgehead atoms. The smallest absolute Gasteiger partial charge is 0.153 e. The standard InChI is InChI=1S/C18H25N5O/c1-14-4-3-7-20-17(14)22-18-16(19-8-9-21-18)15-5-10-23(11-6-15)12-13-24-2/h3-4,7-9,15H,5-6,10-13H2,1-2H3,(H,20,21,22). The van der Waals surface area contributed by atoms with Gasteiger partial charge in [-0.25, -0.2) is 9.97 Å². The van der Waals surface area contributed by atoms with E-state index in [0.29, 0.717) is 5.92 Å². The van der Waals surface area contributed by atoms with Gasteiger partial charge in [-0.05, 0) is 44.5 Å². The maximum Gasteiger partial charge on any atom is 0.153 e. The maximum atomic E-state index is 5.17. The number of piperidine rings is 1. The van der Waals surface area contributed by atoms with E-state index in [-0.39, 0.29) is 0 Å². The van der Waals surface area contributed by atoms with Gasteiger partial charge in [0.1, 0.15) is 5.82 Å². The van der Waals surface area contributed by atoms with Gasteiger partial charge in [0.2, 0.25) is 0 Å². The largest absolute Gasteiger partial charge is 0.383 e. The van der Waals surface area contributed by atoms with Gasteiger partial charge in [0.05, 0.1) is 12.3 Å². The molecule has 1 saturated heterocycles. The quantitative estimate of drug-likeness (QED) is 0.880. The molecule has 1 N–H and O–H groups in total. The summed E-state index contributed by atoms with van der Waals surface area (Å²) in [5, 5.41) is 3.37. The number of anilines is 2. The number of rotatable bonds is 6. The van der Waals surface area contributed by atoms with Crippen LogP contribution in [0.3, 0.4) is 0 Å². The highest BCUT2D eigenvalue weighted by Crippen LogP contribution is 2.31. The highest BCUT2D eigenvalue weighted by atomic mass is 16.5. The van der Waals surface area contributed by atoms with Gasteiger partial charge in [-0.15, -0.1) is 0 Å². The van der Waals surface area contributed by atoms with E-state index < -0.39 is 0 Å². The van der Waals surface area contributed by atoms with E-state index in [1.165, 1.54) is 0 Å². The van der Waals surface area contributed by atoms with E-state index in [0.717, 1.165) is 62.0 Å². The summed E-state index contributed by atoms with van der Waals surface area (Å²) in [5.74, 6) is 2.11. The van der Waals surface area contributed by atoms with Crippen LogP contribution in [0.2, 0.25) is 0 Å². The maximum absolute atomic E-state index is 5.17. The Morgan fingerprint density at radius 3 is 2.62 bits per heavy atom. The minimum absolute atomic E-state index is 0.434. The molecule has 6 heteroatoms. The van der Waals surface area contributed by atoms with Crippen molar-refractivity contribution in [1.29, 1.82) is 0 Å². The fourth-order valence-electron chi connectivity index (χ4n) is 3.12. The van der Waals surface area contributed by atoms with E-state index >= 15 is 0 Å². The summed E-state index contributed by atoms with van der Waals surface area (Å²) in [6, 6.07) is 3.98. The lowest BCUT2D eigenvalue weighted by molar-refractivity contribution is 0.130. The third kappa shape index (κ3) is 4.07. The summed E-state index contributed by atoms with van der Waals surface area (Å²) in [6.45, 7) is 5.99. The Bertz CT molecular complexity index is 655. The number of nitrogens with one attached hydrogen (secondary N) is 1. The fourth-order valence-corrected chi connectivity index (χ4v) is 3.12. The molecule has 0 aromatic carbocycles. The van der Waals surface area contributed by atoms with E-state index in [4.69, 9.17) is 4.74 Å². The summed E-state index contributed by atoms with van der Waals surface area (Å²) in [7, 11) is 1.75. The summed E-state index contributed by atoms with van der Waals surface area (Å²) in [4.78, 5) is 16.0. The van der Waals surface area contributed by atoms with Gasteiger partial charge < -0.3 is 15.0 Å². The first-order valence-electron chi connectivity index (χ1n) is 8.48. The Morgan fingerprint density at radius 2 is 1.88 bits per heavy atom. The number of aromatic nitrogens is 3. The molecule has 3 heterocycles. The molecule has 0 spiro atoms. The van der Waals surface area contributed by atoms with E-state index in [1.807, 2.05) is 19.1 Å². The first-order valence-corrected chi connectivity index (χ1v) is 8.48. The first-order chi connectivity index (χ1) is 11.8. The highest BCUT2D eigenvalue weighted by molar-refractivity contribution is 5.57. The summed E-state index contributed by atoms with van der Waals surface area (Å²) in [5.41, 5.74) is 2.15. The monoisotopic (exact) mass is 327 g/mol. The van der Waals surface area contributed by atoms with Crippen LogP contribution in [0.1, 0.15) is 30.0 Å². The normalized spacial score (nSPS) is 16.2. The zero-order chi connectivity index (χ0) is 16.8. The topological polar surface area (TPSA) is 63.2 Å². The van der Waals surface area contributed by atoms with E-state index in [1.54, 1.807) is 25.7 Å². The average molecular weight is 327 g/mol. The second-order valence-corrected chi connectivity index (χ2v) is 6.19. The Hall–Kier alpha value is -2.05. The van der Waals surface area contributed by atoms with Gasteiger partial charge in [0.25, 0.3) is 0 Å². The Balaban J connectivity index is 1.70. The number of pyridine rings is 1. The number of ether oxygens (including phenoxy) is 1. The van der Waals surface area contributed by atoms with Crippen LogP contribution in [0.5, 0.6) is 0 Å². The van der Waals surface area contributed by atoms with Crippen LogP contribution in [0.15, 0.2) is 30.7 Å². The summed E-state index contributed by atoms with van der Waals surface area (Å²) < 4.78 is 5.17. The highest BCUT2D eigenvalue weighted by Gasteiger charge is 2.24. The van der Waals surface area contributed by atoms with Crippen LogP contribution in [0.4, 0.5) is 11.6 Å². The SMILES string of the molecule is COCCN1CCC(c2nccnc2Nc2ncccc2C)CC1. The average Bonchev–Trinajstić information content (AvgIpc) is 2.63. The zero-order valence-corrected chi connectivity index (χ0v) is 14.4. The van der Waals surface area contributed by atoms with Crippen molar-refractivity contribution in [2.45, 2.75) is 25.7 Å². The van der Waals surface area contributed by atoms with Gasteiger partial charge in [-0.2, -0.15) is 0 Å². The van der Waals surface area contributed by atoms with Crippen LogP contribution in [0.25, 0.3) is 0 Å². The molecular formula is C18H25N5O. The lowest BCUT2D eigenvalue weighted by atomic mass is 9.93. The second kappa shape index (κ2) is 8.17. The van der Waals surface area contributed by atoms with Crippen LogP contribution < -0.4 is 5.32 Å². The van der Waals surface area contributed by atoms with Crippen molar-refractivity contribution in [2.75, 3.05) is 38.7 Å². The van der Waals surface area contributed by atoms with Crippen molar-refractivity contribution in [2.24, 2.45) is 0 Å². The van der Waals surface area contributed by atoms with Crippen molar-refractivity contribution in [3.63, 3.8) is 0 Å². The van der Waals surface area contributed by atoms with Crippen molar-refractivity contribution in [1.82, 2.24) is 19.9 Å². The molecule has 0 amide bonds. The van der Waals surface area contributed by atoms with Gasteiger partial charge in [0, 0.05) is 38.2 Å². The second-order valence-electron chi connectivity index (χ2n) is 6.19. The predicted molar refractivity (Wildman–Crippen MR) is 94.6 cm³/mol. The van der Waals surface area contributed by atoms with Crippen molar-refractivity contribution < 1.29 is 4.74 Å². The Kier molecular flexibility index (Phi) is 5.72. The van der Waals surface area contributed by atoms with Gasteiger partial charge in [-0.3, -0.25) is 4.98 Å². The molecule has 1 fully saturated rings. The Morgan fingerprint density at radius 1 is 1.12 bits per heavy atom. The number of nitrogens with zero attached hydrogens (tertiary/aromatic N) is 4. The van der Waals surface area contributed by atoms with Crippen molar-refractivity contribution in [3.8, 4) is 0 Å². The lowest BCUT2D eigenvalue weighted by Gasteiger charge is -2.31. The molecule has 0 atom stereocenters. The molecule has 0 saturated carbocycles. The van der Waals surface area contributed by atoms with Gasteiger partial charge in [0.15, 0.2) is 5.82 Å². The van der Waals surface area contributed by atoms with E-state index in [9.17, 15) is 0 Å². The fraction of sp³-hybridized carbons (Fsp3) is 0.500. The van der Waals surface area contributed by atoms with Gasteiger partial charge >= 0.3 is 0 Å². The number of likely N-dealkylation sites (tertiary alicyclic amines) is 1. The molecule has 3 rings (SSSR count). The number of hydrogen-bond donors (Lipinski definition) is 1. The lowest BCUT2D eigenvalue weighted by Crippen LogP contribution is -2.35. The molecule has 128 valence electrons. The Labute approximate surface area is 143 Å². The number of aryl methyl sites for hydroxylation is 1. The van der Waals surface area contributed by atoms with Crippen LogP contribution in [-0.2, 0) is 4.74 Å². The molecule has 2 aromatic rings. The third-order valence-corrected chi connectivity index (χ3v) is 4.56. The zero-order valence-electron chi connectivity index (χ0n) is 14.4. The third-order valence-electron chi connectivity index (χ3n) is 4.56. The summed E-state index contributed by atoms with van der Waals surface area (Å²) >= 11 is 0. The predicted octanol–water partition coefficient (Wildman–Crippen LogP) is 2.75. The molecule has 1 aliphatic rings. The molecule has 0 unspecified atom stereocenters. The molecule has 0 aliphatic carbocycles. The summed E-state index contributed by atoms with van der Waals surface area (Å²) in [6.07, 6.45) is 7.50. The van der Waals surface area contributed by atoms with Crippen molar-refractivity contribution in [3.05, 3.63) is 42.0 Å². The minimum atomic E-state index is 0.434. The molecule has 1 aliphatic heterocycles. The molecule has 0 radical (unpaired) electrons. The van der Waals surface area contributed by atoms with Gasteiger partial charge in [-0.1, -0.05) is 6.07 Å². The number of hydrogen-bond acceptors (Lipinski definition) is 6. The molecular weight excluding hydrogens is 302 g/mol. The first kappa shape index (κ1) is 16.8. The number of methoxy groups -OCH3 is 1. The van der Waals surface area contributed by atoms with Crippen molar-refractivity contribution >= 4 is 11.6 Å².